The van der Waals surface area contributed by atoms with Crippen molar-refractivity contribution in [1.82, 2.24) is 20.2 Å². The summed E-state index contributed by atoms with van der Waals surface area (Å²) in [7, 11) is 3.29. The molecule has 2 aromatic rings. The lowest BCUT2D eigenvalue weighted by Gasteiger charge is -2.10. The first kappa shape index (κ1) is 14.6. The standard InChI is InChI=1S/C12H17N5O2S/c1-18-10-3-4-11(19-2)9(7-10)8-20-12-14-15-16-17(12)6-5-13/h3-4,7H,5-6,8,13H2,1-2H3. The second-order valence-corrected chi connectivity index (χ2v) is 4.88. The summed E-state index contributed by atoms with van der Waals surface area (Å²) in [5.41, 5.74) is 6.54. The second kappa shape index (κ2) is 7.11. The van der Waals surface area contributed by atoms with Crippen LogP contribution in [0, 0.1) is 0 Å². The quantitative estimate of drug-likeness (QED) is 0.760. The fourth-order valence-corrected chi connectivity index (χ4v) is 2.58. The Labute approximate surface area is 121 Å². The first-order valence-electron chi connectivity index (χ1n) is 6.08. The van der Waals surface area contributed by atoms with E-state index in [4.69, 9.17) is 15.2 Å². The number of benzene rings is 1. The Morgan fingerprint density at radius 1 is 1.30 bits per heavy atom. The van der Waals surface area contributed by atoms with Gasteiger partial charge in [0.25, 0.3) is 0 Å². The van der Waals surface area contributed by atoms with E-state index in [1.165, 1.54) is 11.8 Å². The van der Waals surface area contributed by atoms with Gasteiger partial charge in [-0.15, -0.1) is 5.10 Å². The Kier molecular flexibility index (Phi) is 5.19. The van der Waals surface area contributed by atoms with E-state index in [9.17, 15) is 0 Å². The zero-order valence-corrected chi connectivity index (χ0v) is 12.3. The predicted octanol–water partition coefficient (Wildman–Crippen LogP) is 0.941. The summed E-state index contributed by atoms with van der Waals surface area (Å²) < 4.78 is 12.3. The van der Waals surface area contributed by atoms with Crippen LogP contribution in [0.1, 0.15) is 5.56 Å². The Balaban J connectivity index is 2.11. The summed E-state index contributed by atoms with van der Waals surface area (Å²) in [6.45, 7) is 1.10. The first-order chi connectivity index (χ1) is 9.78. The molecule has 0 fully saturated rings. The Morgan fingerprint density at radius 2 is 2.15 bits per heavy atom. The molecule has 0 spiro atoms. The van der Waals surface area contributed by atoms with E-state index in [1.54, 1.807) is 18.9 Å². The van der Waals surface area contributed by atoms with Crippen LogP contribution in [0.3, 0.4) is 0 Å². The Morgan fingerprint density at radius 3 is 2.85 bits per heavy atom. The monoisotopic (exact) mass is 295 g/mol. The second-order valence-electron chi connectivity index (χ2n) is 3.94. The average Bonchev–Trinajstić information content (AvgIpc) is 2.92. The van der Waals surface area contributed by atoms with Gasteiger partial charge in [0.2, 0.25) is 5.16 Å². The molecular weight excluding hydrogens is 278 g/mol. The molecule has 0 saturated carbocycles. The molecule has 0 aliphatic rings. The van der Waals surface area contributed by atoms with Gasteiger partial charge in [0.15, 0.2) is 0 Å². The number of hydrogen-bond acceptors (Lipinski definition) is 7. The van der Waals surface area contributed by atoms with Gasteiger partial charge in [-0.05, 0) is 28.6 Å². The highest BCUT2D eigenvalue weighted by Gasteiger charge is 2.10. The van der Waals surface area contributed by atoms with Crippen molar-refractivity contribution in [3.8, 4) is 11.5 Å². The number of tetrazole rings is 1. The minimum Gasteiger partial charge on any atom is -0.497 e. The molecule has 1 aromatic carbocycles. The van der Waals surface area contributed by atoms with Crippen LogP contribution in [-0.2, 0) is 12.3 Å². The number of methoxy groups -OCH3 is 2. The third kappa shape index (κ3) is 3.40. The van der Waals surface area contributed by atoms with Crippen LogP contribution in [0.2, 0.25) is 0 Å². The molecule has 7 nitrogen and oxygen atoms in total. The van der Waals surface area contributed by atoms with E-state index in [0.29, 0.717) is 18.8 Å². The molecular formula is C12H17N5O2S. The number of thioether (sulfide) groups is 1. The van der Waals surface area contributed by atoms with Crippen LogP contribution in [0.4, 0.5) is 0 Å². The summed E-state index contributed by atoms with van der Waals surface area (Å²) in [6, 6.07) is 5.70. The van der Waals surface area contributed by atoms with Crippen molar-refractivity contribution in [3.63, 3.8) is 0 Å². The van der Waals surface area contributed by atoms with Crippen molar-refractivity contribution in [2.75, 3.05) is 20.8 Å². The van der Waals surface area contributed by atoms with Crippen LogP contribution in [-0.4, -0.2) is 41.0 Å². The molecule has 0 aliphatic carbocycles. The van der Waals surface area contributed by atoms with Crippen molar-refractivity contribution in [3.05, 3.63) is 23.8 Å². The lowest BCUT2D eigenvalue weighted by molar-refractivity contribution is 0.400. The molecule has 108 valence electrons. The summed E-state index contributed by atoms with van der Waals surface area (Å²) in [5, 5.41) is 12.3. The van der Waals surface area contributed by atoms with Crippen molar-refractivity contribution in [2.45, 2.75) is 17.5 Å². The molecule has 1 heterocycles. The molecule has 0 amide bonds. The van der Waals surface area contributed by atoms with E-state index < -0.39 is 0 Å². The molecule has 1 aromatic heterocycles. The maximum absolute atomic E-state index is 5.52. The number of nitrogens with zero attached hydrogens (tertiary/aromatic N) is 4. The van der Waals surface area contributed by atoms with Crippen LogP contribution >= 0.6 is 11.8 Å². The van der Waals surface area contributed by atoms with Crippen molar-refractivity contribution in [1.29, 1.82) is 0 Å². The van der Waals surface area contributed by atoms with Gasteiger partial charge in [0.05, 0.1) is 20.8 Å². The molecule has 0 saturated heterocycles. The Hall–Kier alpha value is -1.80. The summed E-state index contributed by atoms with van der Waals surface area (Å²) in [5.74, 6) is 2.30. The smallest absolute Gasteiger partial charge is 0.209 e. The van der Waals surface area contributed by atoms with E-state index in [0.717, 1.165) is 22.2 Å². The summed E-state index contributed by atoms with van der Waals surface area (Å²) in [6.07, 6.45) is 0. The van der Waals surface area contributed by atoms with E-state index in [2.05, 4.69) is 15.5 Å². The third-order valence-electron chi connectivity index (χ3n) is 2.68. The SMILES string of the molecule is COc1ccc(OC)c(CSc2nnnn2CCN)c1. The molecule has 0 atom stereocenters. The maximum atomic E-state index is 5.52. The van der Waals surface area contributed by atoms with Gasteiger partial charge in [-0.3, -0.25) is 0 Å². The molecule has 2 N–H and O–H groups in total. The maximum Gasteiger partial charge on any atom is 0.209 e. The molecule has 8 heteroatoms. The summed E-state index contributed by atoms with van der Waals surface area (Å²) in [4.78, 5) is 0. The Bertz CT molecular complexity index is 561. The van der Waals surface area contributed by atoms with Gasteiger partial charge in [0.1, 0.15) is 11.5 Å². The van der Waals surface area contributed by atoms with Crippen molar-refractivity contribution in [2.24, 2.45) is 5.73 Å². The van der Waals surface area contributed by atoms with E-state index >= 15 is 0 Å². The van der Waals surface area contributed by atoms with Crippen molar-refractivity contribution >= 4 is 11.8 Å². The third-order valence-corrected chi connectivity index (χ3v) is 3.69. The molecule has 20 heavy (non-hydrogen) atoms. The molecule has 0 radical (unpaired) electrons. The fraction of sp³-hybridized carbons (Fsp3) is 0.417. The number of aromatic nitrogens is 4. The molecule has 0 unspecified atom stereocenters. The van der Waals surface area contributed by atoms with Gasteiger partial charge in [-0.2, -0.15) is 0 Å². The minimum atomic E-state index is 0.501. The molecule has 0 bridgehead atoms. The zero-order chi connectivity index (χ0) is 14.4. The lowest BCUT2D eigenvalue weighted by atomic mass is 10.2. The first-order valence-corrected chi connectivity index (χ1v) is 7.07. The highest BCUT2D eigenvalue weighted by atomic mass is 32.2. The fourth-order valence-electron chi connectivity index (χ4n) is 1.70. The minimum absolute atomic E-state index is 0.501. The van der Waals surface area contributed by atoms with Gasteiger partial charge < -0.3 is 15.2 Å². The van der Waals surface area contributed by atoms with Crippen molar-refractivity contribution < 1.29 is 9.47 Å². The topological polar surface area (TPSA) is 88.1 Å². The normalized spacial score (nSPS) is 10.6. The summed E-state index contributed by atoms with van der Waals surface area (Å²) >= 11 is 1.53. The molecule has 0 aliphatic heterocycles. The van der Waals surface area contributed by atoms with Gasteiger partial charge in [0, 0.05) is 17.9 Å². The predicted molar refractivity (Wildman–Crippen MR) is 76.0 cm³/mol. The number of hydrogen-bond donors (Lipinski definition) is 1. The van der Waals surface area contributed by atoms with Gasteiger partial charge in [-0.25, -0.2) is 4.68 Å². The lowest BCUT2D eigenvalue weighted by Crippen LogP contribution is -2.12. The molecule has 2 rings (SSSR count). The van der Waals surface area contributed by atoms with Crippen LogP contribution < -0.4 is 15.2 Å². The zero-order valence-electron chi connectivity index (χ0n) is 11.4. The highest BCUT2D eigenvalue weighted by Crippen LogP contribution is 2.29. The van der Waals surface area contributed by atoms with E-state index in [1.807, 2.05) is 18.2 Å². The number of nitrogens with two attached hydrogens (primary N) is 1. The number of rotatable bonds is 7. The highest BCUT2D eigenvalue weighted by molar-refractivity contribution is 7.98. The van der Waals surface area contributed by atoms with Gasteiger partial charge in [-0.1, -0.05) is 11.8 Å². The average molecular weight is 295 g/mol. The van der Waals surface area contributed by atoms with Crippen LogP contribution in [0.15, 0.2) is 23.4 Å². The van der Waals surface area contributed by atoms with Gasteiger partial charge >= 0.3 is 0 Å². The van der Waals surface area contributed by atoms with Crippen LogP contribution in [0.25, 0.3) is 0 Å². The van der Waals surface area contributed by atoms with Crippen LogP contribution in [0.5, 0.6) is 11.5 Å². The van der Waals surface area contributed by atoms with E-state index in [-0.39, 0.29) is 0 Å². The number of ether oxygens (including phenoxy) is 2. The largest absolute Gasteiger partial charge is 0.497 e.